The number of benzene rings is 1. The van der Waals surface area contributed by atoms with Crippen LogP contribution in [0.15, 0.2) is 24.5 Å². The van der Waals surface area contributed by atoms with E-state index in [0.29, 0.717) is 25.9 Å². The van der Waals surface area contributed by atoms with Gasteiger partial charge in [0.15, 0.2) is 0 Å². The number of ether oxygens (including phenoxy) is 2. The minimum atomic E-state index is -0.347. The van der Waals surface area contributed by atoms with Crippen molar-refractivity contribution in [1.29, 1.82) is 0 Å². The molecule has 160 valence electrons. The smallest absolute Gasteiger partial charge is 0.224 e. The second-order valence-electron chi connectivity index (χ2n) is 9.10. The number of rotatable bonds is 6. The van der Waals surface area contributed by atoms with Crippen molar-refractivity contribution in [3.05, 3.63) is 30.1 Å². The largest absolute Gasteiger partial charge is 0.492 e. The number of aliphatic hydroxyl groups is 1. The first-order valence-corrected chi connectivity index (χ1v) is 10.8. The monoisotopic (exact) mass is 411 g/mol. The zero-order chi connectivity index (χ0) is 20.9. The Labute approximate surface area is 176 Å². The first-order valence-electron chi connectivity index (χ1n) is 10.8. The fraction of sp³-hybridized carbons (Fsp3) is 0.565. The van der Waals surface area contributed by atoms with Crippen LogP contribution in [0.25, 0.3) is 11.1 Å². The van der Waals surface area contributed by atoms with Gasteiger partial charge in [-0.15, -0.1) is 0 Å². The summed E-state index contributed by atoms with van der Waals surface area (Å²) in [6.07, 6.45) is 8.09. The van der Waals surface area contributed by atoms with Crippen LogP contribution in [0, 0.1) is 5.41 Å². The standard InChI is InChI=1S/C23H29N3O4/c1-15-3-6-20-21(26(15)16(2)28)8-7-19(17-9-24-25(10-17)18-4-5-18)22(20)30-14-23(11-27)12-29-13-23/h7-10,15,18,27H,3-6,11-14H2,1-2H3. The Hall–Kier alpha value is -2.38. The Balaban J connectivity index is 1.56. The van der Waals surface area contributed by atoms with Crippen LogP contribution < -0.4 is 9.64 Å². The second-order valence-corrected chi connectivity index (χ2v) is 9.10. The summed E-state index contributed by atoms with van der Waals surface area (Å²) in [5.74, 6) is 0.851. The molecule has 2 fully saturated rings. The van der Waals surface area contributed by atoms with Crippen molar-refractivity contribution in [2.45, 2.75) is 51.6 Å². The maximum absolute atomic E-state index is 12.4. The van der Waals surface area contributed by atoms with Crippen molar-refractivity contribution in [2.75, 3.05) is 31.3 Å². The van der Waals surface area contributed by atoms with Gasteiger partial charge in [0, 0.05) is 35.9 Å². The fourth-order valence-corrected chi connectivity index (χ4v) is 4.53. The Morgan fingerprint density at radius 3 is 2.77 bits per heavy atom. The van der Waals surface area contributed by atoms with E-state index in [1.807, 2.05) is 27.9 Å². The van der Waals surface area contributed by atoms with Crippen molar-refractivity contribution < 1.29 is 19.4 Å². The van der Waals surface area contributed by atoms with E-state index in [4.69, 9.17) is 9.47 Å². The highest BCUT2D eigenvalue weighted by Gasteiger charge is 2.40. The van der Waals surface area contributed by atoms with Gasteiger partial charge in [0.1, 0.15) is 12.4 Å². The van der Waals surface area contributed by atoms with E-state index < -0.39 is 0 Å². The summed E-state index contributed by atoms with van der Waals surface area (Å²) in [5.41, 5.74) is 3.66. The van der Waals surface area contributed by atoms with E-state index in [0.717, 1.165) is 41.0 Å². The Morgan fingerprint density at radius 1 is 1.33 bits per heavy atom. The van der Waals surface area contributed by atoms with Crippen LogP contribution in [-0.4, -0.2) is 53.3 Å². The summed E-state index contributed by atoms with van der Waals surface area (Å²) < 4.78 is 13.8. The van der Waals surface area contributed by atoms with Crippen molar-refractivity contribution >= 4 is 11.6 Å². The van der Waals surface area contributed by atoms with Gasteiger partial charge in [-0.1, -0.05) is 0 Å². The van der Waals surface area contributed by atoms with Crippen molar-refractivity contribution in [2.24, 2.45) is 5.41 Å². The van der Waals surface area contributed by atoms with Crippen LogP contribution in [0.3, 0.4) is 0 Å². The molecule has 1 saturated heterocycles. The number of hydrogen-bond donors (Lipinski definition) is 1. The molecule has 3 aliphatic rings. The molecule has 1 saturated carbocycles. The maximum Gasteiger partial charge on any atom is 0.224 e. The molecule has 2 aliphatic heterocycles. The van der Waals surface area contributed by atoms with E-state index in [9.17, 15) is 9.90 Å². The molecular weight excluding hydrogens is 382 g/mol. The number of amides is 1. The molecule has 1 aromatic heterocycles. The van der Waals surface area contributed by atoms with Crippen LogP contribution in [0.2, 0.25) is 0 Å². The molecule has 7 nitrogen and oxygen atoms in total. The lowest BCUT2D eigenvalue weighted by Crippen LogP contribution is -2.50. The third-order valence-corrected chi connectivity index (χ3v) is 6.60. The van der Waals surface area contributed by atoms with Gasteiger partial charge in [-0.25, -0.2) is 0 Å². The van der Waals surface area contributed by atoms with Crippen LogP contribution in [0.1, 0.15) is 44.7 Å². The number of nitrogens with zero attached hydrogens (tertiary/aromatic N) is 3. The highest BCUT2D eigenvalue weighted by Crippen LogP contribution is 2.44. The maximum atomic E-state index is 12.4. The average molecular weight is 412 g/mol. The van der Waals surface area contributed by atoms with E-state index in [1.54, 1.807) is 6.92 Å². The summed E-state index contributed by atoms with van der Waals surface area (Å²) in [4.78, 5) is 14.2. The first kappa shape index (κ1) is 19.6. The van der Waals surface area contributed by atoms with Gasteiger partial charge in [0.25, 0.3) is 0 Å². The number of anilines is 1. The quantitative estimate of drug-likeness (QED) is 0.791. The Bertz CT molecular complexity index is 956. The normalized spacial score (nSPS) is 22.4. The van der Waals surface area contributed by atoms with Crippen LogP contribution in [0.5, 0.6) is 5.75 Å². The molecule has 7 heteroatoms. The molecule has 1 atom stereocenters. The molecule has 2 aromatic rings. The number of carbonyl (C=O) groups excluding carboxylic acids is 1. The summed E-state index contributed by atoms with van der Waals surface area (Å²) >= 11 is 0. The lowest BCUT2D eigenvalue weighted by atomic mass is 9.88. The minimum absolute atomic E-state index is 0.0353. The first-order chi connectivity index (χ1) is 14.5. The minimum Gasteiger partial charge on any atom is -0.492 e. The van der Waals surface area contributed by atoms with E-state index >= 15 is 0 Å². The molecular formula is C23H29N3O4. The topological polar surface area (TPSA) is 76.8 Å². The zero-order valence-electron chi connectivity index (χ0n) is 17.6. The molecule has 1 aromatic carbocycles. The molecule has 1 N–H and O–H groups in total. The Kier molecular flexibility index (Phi) is 4.82. The Morgan fingerprint density at radius 2 is 2.13 bits per heavy atom. The summed E-state index contributed by atoms with van der Waals surface area (Å²) in [6.45, 7) is 5.14. The highest BCUT2D eigenvalue weighted by molar-refractivity contribution is 5.95. The predicted octanol–water partition coefficient (Wildman–Crippen LogP) is 2.96. The van der Waals surface area contributed by atoms with Gasteiger partial charge < -0.3 is 19.5 Å². The van der Waals surface area contributed by atoms with E-state index in [1.165, 1.54) is 12.8 Å². The van der Waals surface area contributed by atoms with Crippen LogP contribution in [-0.2, 0) is 16.0 Å². The summed E-state index contributed by atoms with van der Waals surface area (Å²) in [7, 11) is 0. The van der Waals surface area contributed by atoms with Crippen LogP contribution >= 0.6 is 0 Å². The van der Waals surface area contributed by atoms with E-state index in [2.05, 4.69) is 18.2 Å². The average Bonchev–Trinajstić information content (AvgIpc) is 3.44. The zero-order valence-corrected chi connectivity index (χ0v) is 17.6. The number of hydrogen-bond acceptors (Lipinski definition) is 5. The lowest BCUT2D eigenvalue weighted by Gasteiger charge is -2.40. The van der Waals surface area contributed by atoms with Crippen molar-refractivity contribution in [1.82, 2.24) is 9.78 Å². The highest BCUT2D eigenvalue weighted by atomic mass is 16.5. The van der Waals surface area contributed by atoms with Gasteiger partial charge in [0.05, 0.1) is 43.2 Å². The molecule has 1 unspecified atom stereocenters. The molecule has 0 bridgehead atoms. The fourth-order valence-electron chi connectivity index (χ4n) is 4.53. The molecule has 1 amide bonds. The van der Waals surface area contributed by atoms with Gasteiger partial charge in [0.2, 0.25) is 5.91 Å². The van der Waals surface area contributed by atoms with Gasteiger partial charge in [-0.05, 0) is 44.7 Å². The van der Waals surface area contributed by atoms with Gasteiger partial charge in [-0.3, -0.25) is 9.48 Å². The number of fused-ring (bicyclic) bond motifs is 1. The molecule has 1 aliphatic carbocycles. The molecule has 0 spiro atoms. The molecule has 30 heavy (non-hydrogen) atoms. The second kappa shape index (κ2) is 7.39. The van der Waals surface area contributed by atoms with Crippen molar-refractivity contribution in [3.63, 3.8) is 0 Å². The molecule has 0 radical (unpaired) electrons. The lowest BCUT2D eigenvalue weighted by molar-refractivity contribution is -0.153. The van der Waals surface area contributed by atoms with Crippen LogP contribution in [0.4, 0.5) is 5.69 Å². The number of carbonyl (C=O) groups is 1. The number of aromatic nitrogens is 2. The summed E-state index contributed by atoms with van der Waals surface area (Å²) in [6, 6.07) is 4.76. The predicted molar refractivity (Wildman–Crippen MR) is 113 cm³/mol. The third-order valence-electron chi connectivity index (χ3n) is 6.60. The SMILES string of the molecule is CC(=O)N1c2ccc(-c3cnn(C4CC4)c3)c(OCC3(CO)COC3)c2CCC1C. The number of aliphatic hydroxyl groups excluding tert-OH is 1. The molecule has 3 heterocycles. The molecule has 5 rings (SSSR count). The van der Waals surface area contributed by atoms with E-state index in [-0.39, 0.29) is 24.0 Å². The van der Waals surface area contributed by atoms with Gasteiger partial charge >= 0.3 is 0 Å². The third kappa shape index (κ3) is 3.30. The summed E-state index contributed by atoms with van der Waals surface area (Å²) in [5, 5.41) is 14.4. The van der Waals surface area contributed by atoms with Gasteiger partial charge in [-0.2, -0.15) is 5.10 Å². The van der Waals surface area contributed by atoms with Crippen molar-refractivity contribution in [3.8, 4) is 16.9 Å².